The van der Waals surface area contributed by atoms with Gasteiger partial charge in [-0.2, -0.15) is 0 Å². The monoisotopic (exact) mass is 337 g/mol. The summed E-state index contributed by atoms with van der Waals surface area (Å²) in [6.07, 6.45) is 0.424. The number of nitrogens with one attached hydrogen (secondary N) is 2. The molecule has 5 heteroatoms. The Kier molecular flexibility index (Phi) is 5.58. The average molecular weight is 337 g/mol. The molecule has 4 nitrogen and oxygen atoms in total. The number of thiazole rings is 1. The summed E-state index contributed by atoms with van der Waals surface area (Å²) in [6, 6.07) is 20.0. The van der Waals surface area contributed by atoms with Crippen molar-refractivity contribution in [3.63, 3.8) is 0 Å². The Balaban J connectivity index is 1.42. The minimum absolute atomic E-state index is 0.0335. The Bertz CT molecular complexity index is 772. The van der Waals surface area contributed by atoms with Crippen LogP contribution in [0.5, 0.6) is 0 Å². The lowest BCUT2D eigenvalue weighted by atomic mass is 10.2. The SMILES string of the molecule is O=C(CCNc1nc(-c2ccccc2)cs1)NCc1ccccc1. The lowest BCUT2D eigenvalue weighted by Crippen LogP contribution is -2.24. The zero-order valence-corrected chi connectivity index (χ0v) is 14.1. The second-order valence-electron chi connectivity index (χ2n) is 5.34. The van der Waals surface area contributed by atoms with E-state index < -0.39 is 0 Å². The summed E-state index contributed by atoms with van der Waals surface area (Å²) in [5.74, 6) is 0.0335. The van der Waals surface area contributed by atoms with Crippen LogP contribution in [0.3, 0.4) is 0 Å². The maximum atomic E-state index is 11.9. The number of carbonyl (C=O) groups is 1. The van der Waals surface area contributed by atoms with Gasteiger partial charge >= 0.3 is 0 Å². The number of benzene rings is 2. The first-order chi connectivity index (χ1) is 11.8. The molecule has 0 aliphatic carbocycles. The van der Waals surface area contributed by atoms with Crippen LogP contribution in [0.2, 0.25) is 0 Å². The van der Waals surface area contributed by atoms with Crippen molar-refractivity contribution in [1.82, 2.24) is 10.3 Å². The van der Waals surface area contributed by atoms with Gasteiger partial charge in [0, 0.05) is 30.5 Å². The Hall–Kier alpha value is -2.66. The van der Waals surface area contributed by atoms with Gasteiger partial charge in [0.25, 0.3) is 0 Å². The minimum atomic E-state index is 0.0335. The summed E-state index contributed by atoms with van der Waals surface area (Å²) >= 11 is 1.55. The molecule has 0 spiro atoms. The van der Waals surface area contributed by atoms with Crippen LogP contribution in [0.1, 0.15) is 12.0 Å². The van der Waals surface area contributed by atoms with Crippen LogP contribution < -0.4 is 10.6 Å². The van der Waals surface area contributed by atoms with Gasteiger partial charge in [-0.3, -0.25) is 4.79 Å². The van der Waals surface area contributed by atoms with Gasteiger partial charge < -0.3 is 10.6 Å². The van der Waals surface area contributed by atoms with Crippen LogP contribution in [0.15, 0.2) is 66.0 Å². The molecule has 0 fully saturated rings. The number of carbonyl (C=O) groups excluding carboxylic acids is 1. The third-order valence-corrected chi connectivity index (χ3v) is 4.33. The molecule has 3 aromatic rings. The third kappa shape index (κ3) is 4.67. The molecule has 2 aromatic carbocycles. The number of rotatable bonds is 7. The molecule has 1 aromatic heterocycles. The molecule has 24 heavy (non-hydrogen) atoms. The Morgan fingerprint density at radius 1 is 1.00 bits per heavy atom. The molecule has 0 saturated carbocycles. The molecule has 0 bridgehead atoms. The highest BCUT2D eigenvalue weighted by atomic mass is 32.1. The average Bonchev–Trinajstić information content (AvgIpc) is 3.11. The summed E-state index contributed by atoms with van der Waals surface area (Å²) in [7, 11) is 0. The number of amides is 1. The Labute approximate surface area is 145 Å². The molecule has 0 atom stereocenters. The number of nitrogens with zero attached hydrogens (tertiary/aromatic N) is 1. The predicted octanol–water partition coefficient (Wildman–Crippen LogP) is 3.93. The molecule has 0 aliphatic heterocycles. The standard InChI is InChI=1S/C19H19N3OS/c23-18(21-13-15-7-3-1-4-8-15)11-12-20-19-22-17(14-24-19)16-9-5-2-6-10-16/h1-10,14H,11-13H2,(H,20,22)(H,21,23). The summed E-state index contributed by atoms with van der Waals surface area (Å²) < 4.78 is 0. The third-order valence-electron chi connectivity index (χ3n) is 3.53. The van der Waals surface area contributed by atoms with Crippen molar-refractivity contribution in [1.29, 1.82) is 0 Å². The quantitative estimate of drug-likeness (QED) is 0.687. The van der Waals surface area contributed by atoms with E-state index in [2.05, 4.69) is 15.6 Å². The fourth-order valence-corrected chi connectivity index (χ4v) is 3.01. The van der Waals surface area contributed by atoms with E-state index in [4.69, 9.17) is 0 Å². The van der Waals surface area contributed by atoms with Crippen molar-refractivity contribution < 1.29 is 4.79 Å². The molecular weight excluding hydrogens is 318 g/mol. The first-order valence-electron chi connectivity index (χ1n) is 7.87. The lowest BCUT2D eigenvalue weighted by molar-refractivity contribution is -0.121. The highest BCUT2D eigenvalue weighted by molar-refractivity contribution is 7.14. The lowest BCUT2D eigenvalue weighted by Gasteiger charge is -2.06. The fraction of sp³-hybridized carbons (Fsp3) is 0.158. The van der Waals surface area contributed by atoms with E-state index in [-0.39, 0.29) is 5.91 Å². The van der Waals surface area contributed by atoms with Gasteiger partial charge in [0.2, 0.25) is 5.91 Å². The van der Waals surface area contributed by atoms with Crippen molar-refractivity contribution in [3.05, 3.63) is 71.6 Å². The molecule has 2 N–H and O–H groups in total. The topological polar surface area (TPSA) is 54.0 Å². The van der Waals surface area contributed by atoms with Gasteiger partial charge in [0.15, 0.2) is 5.13 Å². The molecule has 1 amide bonds. The first kappa shape index (κ1) is 16.2. The van der Waals surface area contributed by atoms with Crippen molar-refractivity contribution in [2.45, 2.75) is 13.0 Å². The molecule has 0 aliphatic rings. The van der Waals surface area contributed by atoms with Gasteiger partial charge in [0.1, 0.15) is 0 Å². The van der Waals surface area contributed by atoms with Crippen LogP contribution in [0, 0.1) is 0 Å². The number of hydrogen-bond acceptors (Lipinski definition) is 4. The van der Waals surface area contributed by atoms with Gasteiger partial charge in [-0.1, -0.05) is 60.7 Å². The number of hydrogen-bond donors (Lipinski definition) is 2. The second kappa shape index (κ2) is 8.26. The van der Waals surface area contributed by atoms with Gasteiger partial charge in [0.05, 0.1) is 5.69 Å². The molecule has 122 valence electrons. The fourth-order valence-electron chi connectivity index (χ4n) is 2.26. The summed E-state index contributed by atoms with van der Waals surface area (Å²) in [6.45, 7) is 1.14. The number of aromatic nitrogens is 1. The van der Waals surface area contributed by atoms with E-state index >= 15 is 0 Å². The Morgan fingerprint density at radius 3 is 2.46 bits per heavy atom. The molecule has 1 heterocycles. The molecule has 0 unspecified atom stereocenters. The smallest absolute Gasteiger partial charge is 0.222 e. The summed E-state index contributed by atoms with van der Waals surface area (Å²) in [5.41, 5.74) is 3.16. The van der Waals surface area contributed by atoms with E-state index in [1.54, 1.807) is 11.3 Å². The maximum Gasteiger partial charge on any atom is 0.222 e. The molecular formula is C19H19N3OS. The normalized spacial score (nSPS) is 10.3. The molecule has 0 saturated heterocycles. The Morgan fingerprint density at radius 2 is 1.71 bits per heavy atom. The second-order valence-corrected chi connectivity index (χ2v) is 6.20. The molecule has 0 radical (unpaired) electrons. The maximum absolute atomic E-state index is 11.9. The summed E-state index contributed by atoms with van der Waals surface area (Å²) in [4.78, 5) is 16.4. The summed E-state index contributed by atoms with van der Waals surface area (Å²) in [5, 5.41) is 8.99. The van der Waals surface area contributed by atoms with E-state index in [9.17, 15) is 4.79 Å². The highest BCUT2D eigenvalue weighted by Crippen LogP contribution is 2.24. The predicted molar refractivity (Wildman–Crippen MR) is 98.9 cm³/mol. The van der Waals surface area contributed by atoms with Crippen LogP contribution in [-0.2, 0) is 11.3 Å². The zero-order valence-electron chi connectivity index (χ0n) is 13.2. The van der Waals surface area contributed by atoms with E-state index in [0.717, 1.165) is 22.0 Å². The van der Waals surface area contributed by atoms with Gasteiger partial charge in [-0.25, -0.2) is 4.98 Å². The van der Waals surface area contributed by atoms with Crippen LogP contribution in [0.25, 0.3) is 11.3 Å². The minimum Gasteiger partial charge on any atom is -0.361 e. The zero-order chi connectivity index (χ0) is 16.6. The van der Waals surface area contributed by atoms with Crippen LogP contribution in [0.4, 0.5) is 5.13 Å². The van der Waals surface area contributed by atoms with Crippen molar-refractivity contribution in [2.24, 2.45) is 0 Å². The molecule has 3 rings (SSSR count). The van der Waals surface area contributed by atoms with Crippen LogP contribution >= 0.6 is 11.3 Å². The van der Waals surface area contributed by atoms with Crippen molar-refractivity contribution in [2.75, 3.05) is 11.9 Å². The van der Waals surface area contributed by atoms with Crippen LogP contribution in [-0.4, -0.2) is 17.4 Å². The van der Waals surface area contributed by atoms with Crippen molar-refractivity contribution >= 4 is 22.4 Å². The largest absolute Gasteiger partial charge is 0.361 e. The van der Waals surface area contributed by atoms with E-state index in [1.165, 1.54) is 0 Å². The van der Waals surface area contributed by atoms with E-state index in [0.29, 0.717) is 19.5 Å². The first-order valence-corrected chi connectivity index (χ1v) is 8.75. The number of anilines is 1. The van der Waals surface area contributed by atoms with Gasteiger partial charge in [-0.05, 0) is 5.56 Å². The van der Waals surface area contributed by atoms with E-state index in [1.807, 2.05) is 66.0 Å². The van der Waals surface area contributed by atoms with Gasteiger partial charge in [-0.15, -0.1) is 11.3 Å². The van der Waals surface area contributed by atoms with Crippen molar-refractivity contribution in [3.8, 4) is 11.3 Å². The highest BCUT2D eigenvalue weighted by Gasteiger charge is 2.05.